The van der Waals surface area contributed by atoms with Gasteiger partial charge in [-0.2, -0.15) is 4.31 Å². The molecule has 170 valence electrons. The average molecular weight is 496 g/mol. The van der Waals surface area contributed by atoms with Crippen molar-refractivity contribution in [1.82, 2.24) is 24.1 Å². The second kappa shape index (κ2) is 9.66. The summed E-state index contributed by atoms with van der Waals surface area (Å²) >= 11 is 12.0. The highest BCUT2D eigenvalue weighted by Crippen LogP contribution is 2.28. The van der Waals surface area contributed by atoms with E-state index in [2.05, 4.69) is 14.9 Å². The van der Waals surface area contributed by atoms with Crippen LogP contribution in [0.1, 0.15) is 6.42 Å². The zero-order valence-electron chi connectivity index (χ0n) is 17.2. The minimum atomic E-state index is -3.78. The number of sulfonamides is 1. The molecule has 1 aliphatic rings. The quantitative estimate of drug-likeness (QED) is 0.530. The van der Waals surface area contributed by atoms with E-state index in [4.69, 9.17) is 23.2 Å². The Balaban J connectivity index is 1.26. The number of hydrogen-bond donors (Lipinski definition) is 1. The van der Waals surface area contributed by atoms with Gasteiger partial charge in [0.05, 0.1) is 22.4 Å². The molecule has 8 nitrogen and oxygen atoms in total. The van der Waals surface area contributed by atoms with Gasteiger partial charge >= 0.3 is 6.03 Å². The van der Waals surface area contributed by atoms with E-state index in [0.717, 1.165) is 24.0 Å². The summed E-state index contributed by atoms with van der Waals surface area (Å²) in [6.45, 7) is 2.25. The highest BCUT2D eigenvalue weighted by Gasteiger charge is 2.31. The maximum absolute atomic E-state index is 12.9. The maximum Gasteiger partial charge on any atom is 0.317 e. The number of amides is 2. The molecule has 2 heterocycles. The van der Waals surface area contributed by atoms with E-state index >= 15 is 0 Å². The van der Waals surface area contributed by atoms with Gasteiger partial charge in [-0.1, -0.05) is 35.3 Å². The average Bonchev–Trinajstić information content (AvgIpc) is 3.21. The van der Waals surface area contributed by atoms with Crippen LogP contribution in [0.4, 0.5) is 4.79 Å². The van der Waals surface area contributed by atoms with E-state index in [9.17, 15) is 13.2 Å². The fraction of sp³-hybridized carbons (Fsp3) is 0.333. The number of urea groups is 1. The van der Waals surface area contributed by atoms with Crippen LogP contribution < -0.4 is 5.32 Å². The molecule has 1 N–H and O–H groups in total. The monoisotopic (exact) mass is 495 g/mol. The Hall–Kier alpha value is -2.33. The normalized spacial score (nSPS) is 15.2. The summed E-state index contributed by atoms with van der Waals surface area (Å²) in [6.07, 6.45) is 2.56. The summed E-state index contributed by atoms with van der Waals surface area (Å²) < 4.78 is 29.2. The Labute approximate surface area is 196 Å². The summed E-state index contributed by atoms with van der Waals surface area (Å²) in [4.78, 5) is 18.5. The van der Waals surface area contributed by atoms with Crippen molar-refractivity contribution in [1.29, 1.82) is 0 Å². The van der Waals surface area contributed by atoms with Gasteiger partial charge in [0.2, 0.25) is 10.0 Å². The van der Waals surface area contributed by atoms with Crippen molar-refractivity contribution in [2.45, 2.75) is 17.9 Å². The number of fused-ring (bicyclic) bond motifs is 1. The lowest BCUT2D eigenvalue weighted by Gasteiger charge is -2.34. The number of halogens is 2. The predicted molar refractivity (Wildman–Crippen MR) is 125 cm³/mol. The van der Waals surface area contributed by atoms with Crippen molar-refractivity contribution in [2.24, 2.45) is 0 Å². The number of aromatic nitrogens is 2. The molecule has 0 radical (unpaired) electrons. The number of nitrogens with zero attached hydrogens (tertiary/aromatic N) is 4. The lowest BCUT2D eigenvalue weighted by atomic mass is 10.3. The molecule has 0 unspecified atom stereocenters. The van der Waals surface area contributed by atoms with Crippen LogP contribution >= 0.6 is 23.2 Å². The van der Waals surface area contributed by atoms with Crippen molar-refractivity contribution >= 4 is 50.3 Å². The van der Waals surface area contributed by atoms with Gasteiger partial charge in [-0.25, -0.2) is 18.2 Å². The number of rotatable bonds is 6. The summed E-state index contributed by atoms with van der Waals surface area (Å²) in [5.41, 5.74) is 2.01. The van der Waals surface area contributed by atoms with Crippen LogP contribution in [0.15, 0.2) is 53.7 Å². The smallest absolute Gasteiger partial charge is 0.317 e. The summed E-state index contributed by atoms with van der Waals surface area (Å²) in [7, 11) is -3.78. The second-order valence-electron chi connectivity index (χ2n) is 7.48. The van der Waals surface area contributed by atoms with Crippen molar-refractivity contribution < 1.29 is 13.2 Å². The Morgan fingerprint density at radius 2 is 1.81 bits per heavy atom. The molecule has 1 fully saturated rings. The lowest BCUT2D eigenvalue weighted by Crippen LogP contribution is -2.53. The van der Waals surface area contributed by atoms with Gasteiger partial charge in [0.25, 0.3) is 0 Å². The first-order valence-corrected chi connectivity index (χ1v) is 12.4. The van der Waals surface area contributed by atoms with Crippen LogP contribution in [0, 0.1) is 0 Å². The van der Waals surface area contributed by atoms with E-state index in [1.54, 1.807) is 17.3 Å². The van der Waals surface area contributed by atoms with Gasteiger partial charge in [-0.05, 0) is 36.8 Å². The third-order valence-electron chi connectivity index (χ3n) is 5.42. The highest BCUT2D eigenvalue weighted by molar-refractivity contribution is 7.89. The molecule has 0 bridgehead atoms. The van der Waals surface area contributed by atoms with E-state index in [-0.39, 0.29) is 29.0 Å². The topological polar surface area (TPSA) is 87.5 Å². The Morgan fingerprint density at radius 1 is 1.06 bits per heavy atom. The molecule has 3 aromatic rings. The molecule has 2 amide bonds. The first kappa shape index (κ1) is 22.8. The Morgan fingerprint density at radius 3 is 2.59 bits per heavy atom. The first-order chi connectivity index (χ1) is 15.4. The fourth-order valence-electron chi connectivity index (χ4n) is 3.69. The summed E-state index contributed by atoms with van der Waals surface area (Å²) in [6, 6.07) is 12.1. The van der Waals surface area contributed by atoms with E-state index in [0.29, 0.717) is 24.7 Å². The van der Waals surface area contributed by atoms with Crippen LogP contribution in [-0.2, 0) is 16.6 Å². The molecule has 1 saturated heterocycles. The number of hydrogen-bond acceptors (Lipinski definition) is 4. The molecular weight excluding hydrogens is 473 g/mol. The van der Waals surface area contributed by atoms with Crippen LogP contribution in [-0.4, -0.2) is 65.9 Å². The zero-order chi connectivity index (χ0) is 22.7. The molecule has 1 aromatic heterocycles. The maximum atomic E-state index is 12.9. The zero-order valence-corrected chi connectivity index (χ0v) is 19.6. The number of carbonyl (C=O) groups excluding carboxylic acids is 1. The molecule has 0 atom stereocenters. The van der Waals surface area contributed by atoms with Crippen LogP contribution in [0.5, 0.6) is 0 Å². The largest absolute Gasteiger partial charge is 0.338 e. The molecule has 0 aliphatic carbocycles. The SMILES string of the molecule is O=C(NCCCn1cnc2ccccc21)N1CCN(S(=O)(=O)c2cc(Cl)ccc2Cl)CC1. The molecule has 32 heavy (non-hydrogen) atoms. The molecule has 0 saturated carbocycles. The summed E-state index contributed by atoms with van der Waals surface area (Å²) in [5.74, 6) is 0. The van der Waals surface area contributed by atoms with Gasteiger partial charge in [-0.15, -0.1) is 0 Å². The van der Waals surface area contributed by atoms with Gasteiger partial charge in [0.1, 0.15) is 4.90 Å². The molecule has 2 aromatic carbocycles. The van der Waals surface area contributed by atoms with E-state index < -0.39 is 10.0 Å². The third kappa shape index (κ3) is 4.85. The number of piperazine rings is 1. The van der Waals surface area contributed by atoms with Gasteiger partial charge < -0.3 is 14.8 Å². The van der Waals surface area contributed by atoms with Crippen molar-refractivity contribution in [3.63, 3.8) is 0 Å². The van der Waals surface area contributed by atoms with Crippen molar-refractivity contribution in [3.05, 3.63) is 58.8 Å². The lowest BCUT2D eigenvalue weighted by molar-refractivity contribution is 0.172. The molecular formula is C21H23Cl2N5O3S. The van der Waals surface area contributed by atoms with Gasteiger partial charge in [0.15, 0.2) is 0 Å². The van der Waals surface area contributed by atoms with Crippen molar-refractivity contribution in [2.75, 3.05) is 32.7 Å². The predicted octanol–water partition coefficient (Wildman–Crippen LogP) is 3.45. The van der Waals surface area contributed by atoms with Gasteiger partial charge in [-0.3, -0.25) is 0 Å². The highest BCUT2D eigenvalue weighted by atomic mass is 35.5. The minimum Gasteiger partial charge on any atom is -0.338 e. The fourth-order valence-corrected chi connectivity index (χ4v) is 5.85. The van der Waals surface area contributed by atoms with Gasteiger partial charge in [0, 0.05) is 44.3 Å². The number of aryl methyl sites for hydroxylation is 1. The van der Waals surface area contributed by atoms with E-state index in [1.165, 1.54) is 16.4 Å². The Bertz CT molecular complexity index is 1220. The van der Waals surface area contributed by atoms with Crippen LogP contribution in [0.3, 0.4) is 0 Å². The molecule has 0 spiro atoms. The molecule has 11 heteroatoms. The second-order valence-corrected chi connectivity index (χ2v) is 10.2. The van der Waals surface area contributed by atoms with Crippen LogP contribution in [0.2, 0.25) is 10.0 Å². The summed E-state index contributed by atoms with van der Waals surface area (Å²) in [5, 5.41) is 3.34. The number of nitrogens with one attached hydrogen (secondary N) is 1. The minimum absolute atomic E-state index is 0.0170. The number of imidazole rings is 1. The van der Waals surface area contributed by atoms with Crippen molar-refractivity contribution in [3.8, 4) is 0 Å². The number of benzene rings is 2. The number of carbonyl (C=O) groups is 1. The number of para-hydroxylation sites is 2. The third-order valence-corrected chi connectivity index (χ3v) is 8.03. The standard InChI is InChI=1S/C21H23Cl2N5O3S/c22-16-6-7-17(23)20(14-16)32(30,31)28-12-10-26(11-13-28)21(29)24-8-3-9-27-15-25-18-4-1-2-5-19(18)27/h1-2,4-7,14-15H,3,8-13H2,(H,24,29). The molecule has 4 rings (SSSR count). The van der Waals surface area contributed by atoms with Crippen LogP contribution in [0.25, 0.3) is 11.0 Å². The molecule has 1 aliphatic heterocycles. The first-order valence-electron chi connectivity index (χ1n) is 10.2. The Kier molecular flexibility index (Phi) is 6.90. The van der Waals surface area contributed by atoms with E-state index in [1.807, 2.05) is 24.3 Å².